The van der Waals surface area contributed by atoms with Gasteiger partial charge in [0.1, 0.15) is 0 Å². The fourth-order valence-electron chi connectivity index (χ4n) is 3.89. The van der Waals surface area contributed by atoms with Crippen molar-refractivity contribution < 1.29 is 0 Å². The number of aryl methyl sites for hydroxylation is 2. The molecule has 0 amide bonds. The number of hydrogen-bond donors (Lipinski definition) is 0. The minimum Gasteiger partial charge on any atom is -0.338 e. The predicted octanol–water partition coefficient (Wildman–Crippen LogP) is 1.81. The van der Waals surface area contributed by atoms with Gasteiger partial charge in [0.2, 0.25) is 5.95 Å². The number of likely N-dealkylation sites (tertiary alicyclic amines) is 1. The zero-order chi connectivity index (χ0) is 16.2. The van der Waals surface area contributed by atoms with Gasteiger partial charge < -0.3 is 9.80 Å². The van der Waals surface area contributed by atoms with E-state index in [0.29, 0.717) is 0 Å². The summed E-state index contributed by atoms with van der Waals surface area (Å²) in [5.74, 6) is 1.77. The molecule has 1 aromatic heterocycles. The molecule has 5 nitrogen and oxygen atoms in total. The Bertz CT molecular complexity index is 510. The lowest BCUT2D eigenvalue weighted by Crippen LogP contribution is -2.49. The molecule has 2 aliphatic rings. The third-order valence-corrected chi connectivity index (χ3v) is 5.29. The standard InChI is InChI=1S/C18H31N5/c1-4-17-15(2)12-19-18(20-17)23-10-8-22(9-11-23)14-16-6-5-7-21(3)13-16/h12,16H,4-11,13-14H2,1-3H3/t16-/m0/s1. The minimum atomic E-state index is 0.850. The molecule has 2 fully saturated rings. The van der Waals surface area contributed by atoms with Gasteiger partial charge in [0.05, 0.1) is 0 Å². The first-order valence-electron chi connectivity index (χ1n) is 9.14. The lowest BCUT2D eigenvalue weighted by molar-refractivity contribution is 0.147. The van der Waals surface area contributed by atoms with E-state index in [1.54, 1.807) is 0 Å². The Labute approximate surface area is 140 Å². The van der Waals surface area contributed by atoms with Crippen molar-refractivity contribution in [1.29, 1.82) is 0 Å². The summed E-state index contributed by atoms with van der Waals surface area (Å²) in [4.78, 5) is 16.8. The Balaban J connectivity index is 1.52. The Hall–Kier alpha value is -1.20. The molecular weight excluding hydrogens is 286 g/mol. The second-order valence-corrected chi connectivity index (χ2v) is 7.21. The predicted molar refractivity (Wildman–Crippen MR) is 95.0 cm³/mol. The molecule has 0 spiro atoms. The summed E-state index contributed by atoms with van der Waals surface area (Å²) in [7, 11) is 2.25. The molecule has 0 N–H and O–H groups in total. The number of nitrogens with zero attached hydrogens (tertiary/aromatic N) is 5. The molecule has 0 unspecified atom stereocenters. The zero-order valence-corrected chi connectivity index (χ0v) is 15.0. The number of piperidine rings is 1. The zero-order valence-electron chi connectivity index (χ0n) is 15.0. The van der Waals surface area contributed by atoms with Crippen molar-refractivity contribution in [2.24, 2.45) is 5.92 Å². The van der Waals surface area contributed by atoms with Crippen LogP contribution in [0.1, 0.15) is 31.0 Å². The smallest absolute Gasteiger partial charge is 0.225 e. The van der Waals surface area contributed by atoms with Crippen molar-refractivity contribution >= 4 is 5.95 Å². The van der Waals surface area contributed by atoms with Crippen LogP contribution < -0.4 is 4.90 Å². The van der Waals surface area contributed by atoms with Crippen molar-refractivity contribution in [3.05, 3.63) is 17.5 Å². The SMILES string of the molecule is CCc1nc(N2CCN(C[C@H]3CCCN(C)C3)CC2)ncc1C. The molecule has 1 atom stereocenters. The fourth-order valence-corrected chi connectivity index (χ4v) is 3.89. The van der Waals surface area contributed by atoms with Gasteiger partial charge in [0.25, 0.3) is 0 Å². The molecule has 0 saturated carbocycles. The lowest BCUT2D eigenvalue weighted by Gasteiger charge is -2.38. The largest absolute Gasteiger partial charge is 0.338 e. The lowest BCUT2D eigenvalue weighted by atomic mass is 9.97. The summed E-state index contributed by atoms with van der Waals surface area (Å²) < 4.78 is 0. The van der Waals surface area contributed by atoms with Crippen LogP contribution in [0.2, 0.25) is 0 Å². The molecule has 2 aliphatic heterocycles. The molecule has 0 bridgehead atoms. The van der Waals surface area contributed by atoms with Crippen LogP contribution in [0.5, 0.6) is 0 Å². The molecule has 0 aromatic carbocycles. The molecule has 1 aromatic rings. The minimum absolute atomic E-state index is 0.850. The van der Waals surface area contributed by atoms with Crippen LogP contribution in [-0.4, -0.2) is 72.6 Å². The number of piperazine rings is 1. The van der Waals surface area contributed by atoms with E-state index in [2.05, 4.69) is 40.6 Å². The first kappa shape index (κ1) is 16.7. The molecule has 0 aliphatic carbocycles. The van der Waals surface area contributed by atoms with E-state index in [9.17, 15) is 0 Å². The summed E-state index contributed by atoms with van der Waals surface area (Å²) in [6.07, 6.45) is 5.71. The average molecular weight is 317 g/mol. The van der Waals surface area contributed by atoms with Gasteiger partial charge in [0.15, 0.2) is 0 Å². The van der Waals surface area contributed by atoms with Crippen LogP contribution in [0.15, 0.2) is 6.20 Å². The van der Waals surface area contributed by atoms with E-state index in [1.165, 1.54) is 43.7 Å². The highest BCUT2D eigenvalue weighted by atomic mass is 15.3. The summed E-state index contributed by atoms with van der Waals surface area (Å²) in [5, 5.41) is 0. The average Bonchev–Trinajstić information content (AvgIpc) is 2.56. The van der Waals surface area contributed by atoms with E-state index >= 15 is 0 Å². The Morgan fingerprint density at radius 3 is 2.65 bits per heavy atom. The van der Waals surface area contributed by atoms with Crippen LogP contribution >= 0.6 is 0 Å². The fraction of sp³-hybridized carbons (Fsp3) is 0.778. The van der Waals surface area contributed by atoms with Gasteiger partial charge in [-0.3, -0.25) is 4.90 Å². The first-order chi connectivity index (χ1) is 11.2. The molecule has 0 radical (unpaired) electrons. The molecule has 23 heavy (non-hydrogen) atoms. The highest BCUT2D eigenvalue weighted by molar-refractivity contribution is 5.33. The van der Waals surface area contributed by atoms with E-state index < -0.39 is 0 Å². The second-order valence-electron chi connectivity index (χ2n) is 7.21. The van der Waals surface area contributed by atoms with Crippen molar-refractivity contribution in [1.82, 2.24) is 19.8 Å². The number of rotatable bonds is 4. The quantitative estimate of drug-likeness (QED) is 0.846. The van der Waals surface area contributed by atoms with Crippen LogP contribution in [-0.2, 0) is 6.42 Å². The van der Waals surface area contributed by atoms with Gasteiger partial charge in [-0.25, -0.2) is 9.97 Å². The summed E-state index contributed by atoms with van der Waals surface area (Å²) in [6, 6.07) is 0. The van der Waals surface area contributed by atoms with Gasteiger partial charge in [-0.05, 0) is 51.3 Å². The number of aromatic nitrogens is 2. The summed E-state index contributed by atoms with van der Waals surface area (Å²) in [5.41, 5.74) is 2.39. The van der Waals surface area contributed by atoms with Gasteiger partial charge in [-0.1, -0.05) is 6.92 Å². The van der Waals surface area contributed by atoms with Gasteiger partial charge in [-0.15, -0.1) is 0 Å². The van der Waals surface area contributed by atoms with Crippen LogP contribution in [0, 0.1) is 12.8 Å². The molecule has 3 rings (SSSR count). The van der Waals surface area contributed by atoms with E-state index in [4.69, 9.17) is 4.98 Å². The van der Waals surface area contributed by atoms with Crippen LogP contribution in [0.25, 0.3) is 0 Å². The number of anilines is 1. The van der Waals surface area contributed by atoms with Gasteiger partial charge >= 0.3 is 0 Å². The Morgan fingerprint density at radius 1 is 1.17 bits per heavy atom. The monoisotopic (exact) mass is 317 g/mol. The molecule has 128 valence electrons. The highest BCUT2D eigenvalue weighted by Crippen LogP contribution is 2.19. The van der Waals surface area contributed by atoms with Gasteiger partial charge in [-0.2, -0.15) is 0 Å². The maximum absolute atomic E-state index is 4.75. The Morgan fingerprint density at radius 2 is 1.96 bits per heavy atom. The van der Waals surface area contributed by atoms with Crippen molar-refractivity contribution in [3.63, 3.8) is 0 Å². The van der Waals surface area contributed by atoms with Crippen LogP contribution in [0.4, 0.5) is 5.95 Å². The highest BCUT2D eigenvalue weighted by Gasteiger charge is 2.24. The molecule has 2 saturated heterocycles. The van der Waals surface area contributed by atoms with Gasteiger partial charge in [0, 0.05) is 51.2 Å². The normalized spacial score (nSPS) is 24.1. The third-order valence-electron chi connectivity index (χ3n) is 5.29. The van der Waals surface area contributed by atoms with Crippen molar-refractivity contribution in [2.75, 3.05) is 57.8 Å². The summed E-state index contributed by atoms with van der Waals surface area (Å²) in [6.45, 7) is 12.4. The molecule has 5 heteroatoms. The van der Waals surface area contributed by atoms with E-state index in [0.717, 1.165) is 44.5 Å². The molecular formula is C18H31N5. The first-order valence-corrected chi connectivity index (χ1v) is 9.14. The van der Waals surface area contributed by atoms with Crippen molar-refractivity contribution in [3.8, 4) is 0 Å². The Kier molecular flexibility index (Phi) is 5.49. The number of hydrogen-bond acceptors (Lipinski definition) is 5. The third kappa shape index (κ3) is 4.21. The van der Waals surface area contributed by atoms with Crippen LogP contribution in [0.3, 0.4) is 0 Å². The maximum Gasteiger partial charge on any atom is 0.225 e. The maximum atomic E-state index is 4.75. The summed E-state index contributed by atoms with van der Waals surface area (Å²) >= 11 is 0. The molecule has 3 heterocycles. The second kappa shape index (κ2) is 7.58. The van der Waals surface area contributed by atoms with E-state index in [1.807, 2.05) is 6.20 Å². The van der Waals surface area contributed by atoms with Crippen molar-refractivity contribution in [2.45, 2.75) is 33.1 Å². The van der Waals surface area contributed by atoms with E-state index in [-0.39, 0.29) is 0 Å². The topological polar surface area (TPSA) is 35.5 Å².